The summed E-state index contributed by atoms with van der Waals surface area (Å²) >= 11 is 3.45. The molecule has 20 heavy (non-hydrogen) atoms. The smallest absolute Gasteiger partial charge is 0.176 e. The molecule has 0 radical (unpaired) electrons. The number of rotatable bonds is 3. The highest BCUT2D eigenvalue weighted by atomic mass is 79.9. The number of piperidine rings is 1. The number of carbonyl (C=O) groups is 1. The Morgan fingerprint density at radius 2 is 2.00 bits per heavy atom. The zero-order valence-corrected chi connectivity index (χ0v) is 13.4. The van der Waals surface area contributed by atoms with Crippen LogP contribution in [0.1, 0.15) is 48.9 Å². The maximum absolute atomic E-state index is 12.5. The number of likely N-dealkylation sites (tertiary alicyclic amines) is 1. The summed E-state index contributed by atoms with van der Waals surface area (Å²) in [6.45, 7) is 1.69. The normalized spacial score (nSPS) is 27.1. The number of nitrogens with zero attached hydrogens (tertiary/aromatic N) is 1. The molecule has 1 aromatic rings. The maximum atomic E-state index is 12.5. The largest absolute Gasteiger partial charge is 0.293 e. The highest BCUT2D eigenvalue weighted by Gasteiger charge is 2.33. The van der Waals surface area contributed by atoms with Crippen LogP contribution in [-0.2, 0) is 0 Å². The molecule has 0 N–H and O–H groups in total. The van der Waals surface area contributed by atoms with Crippen molar-refractivity contribution in [1.29, 1.82) is 0 Å². The molecule has 1 saturated carbocycles. The van der Waals surface area contributed by atoms with Crippen LogP contribution in [0.4, 0.5) is 0 Å². The fourth-order valence-electron chi connectivity index (χ4n) is 3.86. The molecule has 1 aliphatic carbocycles. The zero-order valence-electron chi connectivity index (χ0n) is 11.9. The molecule has 0 spiro atoms. The first-order valence-corrected chi connectivity index (χ1v) is 8.56. The van der Waals surface area contributed by atoms with E-state index in [0.29, 0.717) is 12.6 Å². The Balaban J connectivity index is 1.68. The van der Waals surface area contributed by atoms with Crippen LogP contribution in [0, 0.1) is 5.92 Å². The van der Waals surface area contributed by atoms with Gasteiger partial charge in [0.05, 0.1) is 6.54 Å². The van der Waals surface area contributed by atoms with Crippen LogP contribution in [-0.4, -0.2) is 29.8 Å². The fraction of sp³-hybridized carbons (Fsp3) is 0.588. The average Bonchev–Trinajstić information content (AvgIpc) is 2.47. The fourth-order valence-corrected chi connectivity index (χ4v) is 4.26. The summed E-state index contributed by atoms with van der Waals surface area (Å²) in [5, 5.41) is 0. The predicted molar refractivity (Wildman–Crippen MR) is 85.0 cm³/mol. The standard InChI is InChI=1S/C17H22BrNO/c18-15-8-3-6-14(11-15)17(20)12-19-10-4-7-13-5-1-2-9-16(13)19/h3,6,8,11,13,16H,1-2,4-5,7,9-10,12H2. The molecule has 3 heteroatoms. The first-order chi connectivity index (χ1) is 9.74. The lowest BCUT2D eigenvalue weighted by atomic mass is 9.78. The molecule has 2 atom stereocenters. The van der Waals surface area contributed by atoms with Crippen molar-refractivity contribution in [2.75, 3.05) is 13.1 Å². The van der Waals surface area contributed by atoms with Gasteiger partial charge in [-0.05, 0) is 50.3 Å². The summed E-state index contributed by atoms with van der Waals surface area (Å²) < 4.78 is 0.984. The number of benzene rings is 1. The summed E-state index contributed by atoms with van der Waals surface area (Å²) in [6.07, 6.45) is 8.00. The van der Waals surface area contributed by atoms with Gasteiger partial charge < -0.3 is 0 Å². The SMILES string of the molecule is O=C(CN1CCCC2CCCCC21)c1cccc(Br)c1. The molecule has 0 aromatic heterocycles. The molecule has 2 aliphatic rings. The van der Waals surface area contributed by atoms with E-state index in [-0.39, 0.29) is 5.78 Å². The van der Waals surface area contributed by atoms with Crippen molar-refractivity contribution in [2.24, 2.45) is 5.92 Å². The quantitative estimate of drug-likeness (QED) is 0.768. The van der Waals surface area contributed by atoms with Crippen molar-refractivity contribution in [3.8, 4) is 0 Å². The molecule has 1 aliphatic heterocycles. The summed E-state index contributed by atoms with van der Waals surface area (Å²) in [4.78, 5) is 14.9. The van der Waals surface area contributed by atoms with Crippen LogP contribution in [0.3, 0.4) is 0 Å². The minimum Gasteiger partial charge on any atom is -0.293 e. The van der Waals surface area contributed by atoms with E-state index in [1.165, 1.54) is 38.5 Å². The lowest BCUT2D eigenvalue weighted by Gasteiger charge is -2.43. The van der Waals surface area contributed by atoms with Gasteiger partial charge in [-0.3, -0.25) is 9.69 Å². The van der Waals surface area contributed by atoms with Crippen molar-refractivity contribution < 1.29 is 4.79 Å². The van der Waals surface area contributed by atoms with Crippen molar-refractivity contribution in [3.63, 3.8) is 0 Å². The van der Waals surface area contributed by atoms with Gasteiger partial charge in [-0.15, -0.1) is 0 Å². The van der Waals surface area contributed by atoms with Crippen LogP contribution < -0.4 is 0 Å². The molecule has 1 aromatic carbocycles. The second-order valence-electron chi connectivity index (χ2n) is 6.16. The van der Waals surface area contributed by atoms with Crippen molar-refractivity contribution in [3.05, 3.63) is 34.3 Å². The molecule has 1 saturated heterocycles. The third-order valence-electron chi connectivity index (χ3n) is 4.85. The van der Waals surface area contributed by atoms with E-state index in [1.807, 2.05) is 24.3 Å². The summed E-state index contributed by atoms with van der Waals surface area (Å²) in [5.74, 6) is 1.10. The molecule has 1 heterocycles. The molecule has 108 valence electrons. The van der Waals surface area contributed by atoms with Crippen molar-refractivity contribution >= 4 is 21.7 Å². The van der Waals surface area contributed by atoms with E-state index in [1.54, 1.807) is 0 Å². The lowest BCUT2D eigenvalue weighted by molar-refractivity contribution is 0.0539. The second-order valence-corrected chi connectivity index (χ2v) is 7.07. The highest BCUT2D eigenvalue weighted by molar-refractivity contribution is 9.10. The van der Waals surface area contributed by atoms with E-state index in [2.05, 4.69) is 20.8 Å². The third-order valence-corrected chi connectivity index (χ3v) is 5.34. The lowest BCUT2D eigenvalue weighted by Crippen LogP contribution is -2.48. The van der Waals surface area contributed by atoms with Crippen LogP contribution in [0.25, 0.3) is 0 Å². The monoisotopic (exact) mass is 335 g/mol. The average molecular weight is 336 g/mol. The van der Waals surface area contributed by atoms with E-state index in [4.69, 9.17) is 0 Å². The molecule has 2 nitrogen and oxygen atoms in total. The van der Waals surface area contributed by atoms with Gasteiger partial charge in [-0.1, -0.05) is 40.9 Å². The Labute approximate surface area is 129 Å². The van der Waals surface area contributed by atoms with Crippen LogP contribution >= 0.6 is 15.9 Å². The van der Waals surface area contributed by atoms with Gasteiger partial charge in [0.1, 0.15) is 0 Å². The number of fused-ring (bicyclic) bond motifs is 1. The molecule has 0 amide bonds. The third kappa shape index (κ3) is 3.15. The molecule has 0 bridgehead atoms. The molecule has 3 rings (SSSR count). The highest BCUT2D eigenvalue weighted by Crippen LogP contribution is 2.35. The van der Waals surface area contributed by atoms with Gasteiger partial charge in [0.15, 0.2) is 5.78 Å². The minimum atomic E-state index is 0.262. The molecular formula is C17H22BrNO. The second kappa shape index (κ2) is 6.40. The van der Waals surface area contributed by atoms with Gasteiger partial charge in [-0.2, -0.15) is 0 Å². The van der Waals surface area contributed by atoms with Crippen molar-refractivity contribution in [2.45, 2.75) is 44.6 Å². The predicted octanol–water partition coefficient (Wildman–Crippen LogP) is 4.29. The number of hydrogen-bond acceptors (Lipinski definition) is 2. The van der Waals surface area contributed by atoms with E-state index >= 15 is 0 Å². The Kier molecular flexibility index (Phi) is 4.57. The number of Topliss-reactive ketones (excluding diaryl/α,β-unsaturated/α-hetero) is 1. The van der Waals surface area contributed by atoms with Gasteiger partial charge in [0, 0.05) is 16.1 Å². The summed E-state index contributed by atoms with van der Waals surface area (Å²) in [6, 6.07) is 8.43. The Bertz CT molecular complexity index is 486. The Morgan fingerprint density at radius 3 is 2.85 bits per heavy atom. The van der Waals surface area contributed by atoms with Crippen molar-refractivity contribution in [1.82, 2.24) is 4.90 Å². The first-order valence-electron chi connectivity index (χ1n) is 7.77. The zero-order chi connectivity index (χ0) is 13.9. The molecular weight excluding hydrogens is 314 g/mol. The maximum Gasteiger partial charge on any atom is 0.176 e. The van der Waals surface area contributed by atoms with Crippen LogP contribution in [0.2, 0.25) is 0 Å². The Morgan fingerprint density at radius 1 is 1.20 bits per heavy atom. The summed E-state index contributed by atoms with van der Waals surface area (Å²) in [5.41, 5.74) is 0.831. The molecule has 2 unspecified atom stereocenters. The van der Waals surface area contributed by atoms with E-state index < -0.39 is 0 Å². The van der Waals surface area contributed by atoms with E-state index in [9.17, 15) is 4.79 Å². The van der Waals surface area contributed by atoms with E-state index in [0.717, 1.165) is 22.5 Å². The number of carbonyl (C=O) groups excluding carboxylic acids is 1. The number of ketones is 1. The van der Waals surface area contributed by atoms with Crippen LogP contribution in [0.15, 0.2) is 28.7 Å². The minimum absolute atomic E-state index is 0.262. The number of halogens is 1. The topological polar surface area (TPSA) is 20.3 Å². The van der Waals surface area contributed by atoms with Gasteiger partial charge in [-0.25, -0.2) is 0 Å². The first kappa shape index (κ1) is 14.3. The molecule has 2 fully saturated rings. The van der Waals surface area contributed by atoms with Gasteiger partial charge >= 0.3 is 0 Å². The van der Waals surface area contributed by atoms with Gasteiger partial charge in [0.25, 0.3) is 0 Å². The summed E-state index contributed by atoms with van der Waals surface area (Å²) in [7, 11) is 0. The van der Waals surface area contributed by atoms with Crippen LogP contribution in [0.5, 0.6) is 0 Å². The van der Waals surface area contributed by atoms with Gasteiger partial charge in [0.2, 0.25) is 0 Å². The number of hydrogen-bond donors (Lipinski definition) is 0. The Hall–Kier alpha value is -0.670.